The Hall–Kier alpha value is -4.78. The molecular formula is C24H23N7O5S. The van der Waals surface area contributed by atoms with Crippen molar-refractivity contribution in [3.05, 3.63) is 72.8 Å². The van der Waals surface area contributed by atoms with Crippen LogP contribution in [0.2, 0.25) is 0 Å². The van der Waals surface area contributed by atoms with Crippen molar-refractivity contribution in [2.75, 3.05) is 22.5 Å². The molecule has 0 radical (unpaired) electrons. The number of benzene rings is 3. The first-order valence-electron chi connectivity index (χ1n) is 11.0. The number of hydrogen-bond donors (Lipinski definition) is 3. The van der Waals surface area contributed by atoms with E-state index in [0.29, 0.717) is 22.7 Å². The normalized spacial score (nSPS) is 11.0. The molecule has 0 aliphatic heterocycles. The molecule has 0 atom stereocenters. The van der Waals surface area contributed by atoms with Crippen LogP contribution < -0.4 is 20.1 Å². The minimum Gasteiger partial charge on any atom is -0.495 e. The van der Waals surface area contributed by atoms with Gasteiger partial charge >= 0.3 is 0 Å². The van der Waals surface area contributed by atoms with Crippen LogP contribution in [0.4, 0.5) is 17.1 Å². The van der Waals surface area contributed by atoms with E-state index in [1.54, 1.807) is 48.5 Å². The van der Waals surface area contributed by atoms with Gasteiger partial charge < -0.3 is 15.4 Å². The average molecular weight is 522 g/mol. The number of nitrogens with one attached hydrogen (secondary N) is 3. The fourth-order valence-corrected chi connectivity index (χ4v) is 4.46. The highest BCUT2D eigenvalue weighted by molar-refractivity contribution is 7.92. The summed E-state index contributed by atoms with van der Waals surface area (Å²) in [7, 11) is -2.46. The van der Waals surface area contributed by atoms with E-state index in [2.05, 4.69) is 30.8 Å². The Morgan fingerprint density at radius 3 is 2.30 bits per heavy atom. The number of aromatic nitrogens is 4. The van der Waals surface area contributed by atoms with Crippen LogP contribution in [0, 0.1) is 0 Å². The zero-order valence-corrected chi connectivity index (χ0v) is 20.7. The Kier molecular flexibility index (Phi) is 7.44. The number of nitrogens with zero attached hydrogens (tertiary/aromatic N) is 4. The quantitative estimate of drug-likeness (QED) is 0.303. The molecule has 190 valence electrons. The molecule has 3 N–H and O–H groups in total. The minimum absolute atomic E-state index is 0.000954. The van der Waals surface area contributed by atoms with Crippen molar-refractivity contribution in [3.63, 3.8) is 0 Å². The molecule has 37 heavy (non-hydrogen) atoms. The Labute approximate surface area is 212 Å². The van der Waals surface area contributed by atoms with Crippen molar-refractivity contribution in [1.29, 1.82) is 0 Å². The van der Waals surface area contributed by atoms with Gasteiger partial charge in [-0.1, -0.05) is 24.3 Å². The standard InChI is InChI=1S/C24H23N7O5S/c1-16(32)25-17-11-13-18(14-12-17)37(34,35)29-20-8-4-3-7-19(20)24-27-30-31(28-24)15-23(33)26-21-9-5-6-10-22(21)36-2/h3-14,29H,15H2,1-2H3,(H,25,32)(H,26,33). The van der Waals surface area contributed by atoms with E-state index < -0.39 is 15.9 Å². The Morgan fingerprint density at radius 2 is 1.59 bits per heavy atom. The molecule has 0 spiro atoms. The van der Waals surface area contributed by atoms with Crippen LogP contribution in [0.5, 0.6) is 5.75 Å². The number of carbonyl (C=O) groups is 2. The maximum absolute atomic E-state index is 13.0. The fraction of sp³-hybridized carbons (Fsp3) is 0.125. The summed E-state index contributed by atoms with van der Waals surface area (Å²) in [6, 6.07) is 19.3. The second-order valence-corrected chi connectivity index (χ2v) is 9.43. The third-order valence-electron chi connectivity index (χ3n) is 5.02. The first-order valence-corrected chi connectivity index (χ1v) is 12.4. The van der Waals surface area contributed by atoms with Crippen LogP contribution in [0.3, 0.4) is 0 Å². The van der Waals surface area contributed by atoms with Crippen LogP contribution in [0.1, 0.15) is 6.92 Å². The predicted molar refractivity (Wildman–Crippen MR) is 136 cm³/mol. The van der Waals surface area contributed by atoms with Crippen molar-refractivity contribution >= 4 is 38.9 Å². The second kappa shape index (κ2) is 10.9. The molecule has 2 amide bonds. The molecular weight excluding hydrogens is 498 g/mol. The highest BCUT2D eigenvalue weighted by atomic mass is 32.2. The van der Waals surface area contributed by atoms with E-state index in [1.807, 2.05) is 0 Å². The van der Waals surface area contributed by atoms with Gasteiger partial charge in [0.2, 0.25) is 17.6 Å². The van der Waals surface area contributed by atoms with E-state index in [9.17, 15) is 18.0 Å². The molecule has 0 saturated heterocycles. The Bertz CT molecular complexity index is 1540. The maximum atomic E-state index is 13.0. The van der Waals surface area contributed by atoms with Gasteiger partial charge in [0.15, 0.2) is 0 Å². The number of methoxy groups -OCH3 is 1. The van der Waals surface area contributed by atoms with Gasteiger partial charge in [0, 0.05) is 18.2 Å². The highest BCUT2D eigenvalue weighted by Crippen LogP contribution is 2.27. The van der Waals surface area contributed by atoms with Gasteiger partial charge in [-0.15, -0.1) is 10.2 Å². The molecule has 0 bridgehead atoms. The number of amides is 2. The van der Waals surface area contributed by atoms with Crippen molar-refractivity contribution in [3.8, 4) is 17.1 Å². The van der Waals surface area contributed by atoms with Crippen molar-refractivity contribution in [1.82, 2.24) is 20.2 Å². The van der Waals surface area contributed by atoms with E-state index in [1.165, 1.54) is 38.3 Å². The summed E-state index contributed by atoms with van der Waals surface area (Å²) in [5.41, 5.74) is 1.58. The van der Waals surface area contributed by atoms with E-state index in [0.717, 1.165) is 4.80 Å². The monoisotopic (exact) mass is 521 g/mol. The number of ether oxygens (including phenoxy) is 1. The van der Waals surface area contributed by atoms with Gasteiger partial charge in [-0.05, 0) is 53.7 Å². The lowest BCUT2D eigenvalue weighted by Gasteiger charge is -2.11. The van der Waals surface area contributed by atoms with Crippen LogP contribution in [-0.2, 0) is 26.2 Å². The summed E-state index contributed by atoms with van der Waals surface area (Å²) in [6.07, 6.45) is 0. The van der Waals surface area contributed by atoms with Gasteiger partial charge in [0.05, 0.1) is 23.4 Å². The summed E-state index contributed by atoms with van der Waals surface area (Å²) in [6.45, 7) is 1.14. The number of sulfonamides is 1. The van der Waals surface area contributed by atoms with Gasteiger partial charge in [-0.25, -0.2) is 8.42 Å². The van der Waals surface area contributed by atoms with Gasteiger partial charge in [-0.3, -0.25) is 14.3 Å². The van der Waals surface area contributed by atoms with Gasteiger partial charge in [0.25, 0.3) is 10.0 Å². The van der Waals surface area contributed by atoms with Crippen LogP contribution in [-0.4, -0.2) is 47.5 Å². The number of rotatable bonds is 9. The summed E-state index contributed by atoms with van der Waals surface area (Å²) in [4.78, 5) is 24.8. The molecule has 0 unspecified atom stereocenters. The molecule has 0 saturated carbocycles. The maximum Gasteiger partial charge on any atom is 0.261 e. The van der Waals surface area contributed by atoms with E-state index >= 15 is 0 Å². The molecule has 12 nitrogen and oxygen atoms in total. The van der Waals surface area contributed by atoms with Crippen molar-refractivity contribution < 1.29 is 22.7 Å². The number of para-hydroxylation sites is 3. The highest BCUT2D eigenvalue weighted by Gasteiger charge is 2.19. The molecule has 1 heterocycles. The zero-order valence-electron chi connectivity index (χ0n) is 19.9. The molecule has 0 aliphatic carbocycles. The lowest BCUT2D eigenvalue weighted by molar-refractivity contribution is -0.117. The molecule has 3 aromatic carbocycles. The summed E-state index contributed by atoms with van der Waals surface area (Å²) in [5.74, 6) is -0.0240. The van der Waals surface area contributed by atoms with Gasteiger partial charge in [-0.2, -0.15) is 4.80 Å². The third kappa shape index (κ3) is 6.27. The fourth-order valence-electron chi connectivity index (χ4n) is 3.38. The largest absolute Gasteiger partial charge is 0.495 e. The molecule has 4 rings (SSSR count). The van der Waals surface area contributed by atoms with Gasteiger partial charge in [0.1, 0.15) is 12.3 Å². The number of carbonyl (C=O) groups excluding carboxylic acids is 2. The first kappa shape index (κ1) is 25.3. The van der Waals surface area contributed by atoms with Crippen LogP contribution in [0.15, 0.2) is 77.7 Å². The predicted octanol–water partition coefficient (Wildman–Crippen LogP) is 2.75. The number of anilines is 3. The summed E-state index contributed by atoms with van der Waals surface area (Å²) in [5, 5.41) is 17.4. The molecule has 0 aliphatic rings. The second-order valence-electron chi connectivity index (χ2n) is 7.75. The molecule has 1 aromatic heterocycles. The SMILES string of the molecule is COc1ccccc1NC(=O)Cn1nnc(-c2ccccc2NS(=O)(=O)c2ccc(NC(C)=O)cc2)n1. The topological polar surface area (TPSA) is 157 Å². The number of hydrogen-bond acceptors (Lipinski definition) is 8. The molecule has 13 heteroatoms. The number of tetrazole rings is 1. The minimum atomic E-state index is -3.96. The van der Waals surface area contributed by atoms with Crippen LogP contribution >= 0.6 is 0 Å². The molecule has 4 aromatic rings. The van der Waals surface area contributed by atoms with E-state index in [4.69, 9.17) is 4.74 Å². The lowest BCUT2D eigenvalue weighted by Crippen LogP contribution is -2.20. The Morgan fingerprint density at radius 1 is 0.919 bits per heavy atom. The van der Waals surface area contributed by atoms with Crippen LogP contribution in [0.25, 0.3) is 11.4 Å². The smallest absolute Gasteiger partial charge is 0.261 e. The summed E-state index contributed by atoms with van der Waals surface area (Å²) < 4.78 is 33.7. The summed E-state index contributed by atoms with van der Waals surface area (Å²) >= 11 is 0. The zero-order chi connectivity index (χ0) is 26.4. The lowest BCUT2D eigenvalue weighted by atomic mass is 10.2. The molecule has 0 fully saturated rings. The third-order valence-corrected chi connectivity index (χ3v) is 6.40. The van der Waals surface area contributed by atoms with Crippen molar-refractivity contribution in [2.24, 2.45) is 0 Å². The van der Waals surface area contributed by atoms with E-state index in [-0.39, 0.29) is 28.9 Å². The average Bonchev–Trinajstić information content (AvgIpc) is 3.32. The van der Waals surface area contributed by atoms with Crippen molar-refractivity contribution in [2.45, 2.75) is 18.4 Å². The Balaban J connectivity index is 1.49. The first-order chi connectivity index (χ1) is 17.7.